The van der Waals surface area contributed by atoms with Crippen molar-refractivity contribution in [2.24, 2.45) is 11.5 Å². The second kappa shape index (κ2) is 14.0. The van der Waals surface area contributed by atoms with Gasteiger partial charge in [0.05, 0.1) is 11.4 Å². The molecule has 2 heterocycles. The Morgan fingerprint density at radius 1 is 0.852 bits per heavy atom. The van der Waals surface area contributed by atoms with Crippen LogP contribution in [-0.4, -0.2) is 93.3 Å². The van der Waals surface area contributed by atoms with E-state index in [4.69, 9.17) is 16.5 Å². The van der Waals surface area contributed by atoms with Crippen LogP contribution in [-0.2, 0) is 13.1 Å². The first kappa shape index (κ1) is 22.2. The van der Waals surface area contributed by atoms with Gasteiger partial charge in [0.25, 0.3) is 0 Å². The number of nitrogens with one attached hydrogen (secondary N) is 3. The van der Waals surface area contributed by atoms with Gasteiger partial charge in [-0.2, -0.15) is 0 Å². The molecule has 0 unspecified atom stereocenters. The molecular formula is C19H38N8. The van der Waals surface area contributed by atoms with Crippen LogP contribution >= 0.6 is 0 Å². The maximum atomic E-state index is 5.71. The third-order valence-electron chi connectivity index (χ3n) is 4.69. The third-order valence-corrected chi connectivity index (χ3v) is 4.69. The van der Waals surface area contributed by atoms with Gasteiger partial charge in [-0.25, -0.2) is 0 Å². The summed E-state index contributed by atoms with van der Waals surface area (Å²) >= 11 is 0. The molecule has 1 saturated heterocycles. The third kappa shape index (κ3) is 9.57. The molecule has 1 aliphatic rings. The molecule has 0 bridgehead atoms. The number of aromatic nitrogens is 1. The van der Waals surface area contributed by atoms with Crippen molar-refractivity contribution < 1.29 is 0 Å². The van der Waals surface area contributed by atoms with Crippen LogP contribution in [0.25, 0.3) is 0 Å². The smallest absolute Gasteiger partial charge is 0.0547 e. The summed E-state index contributed by atoms with van der Waals surface area (Å²) in [5.74, 6) is 0. The van der Waals surface area contributed by atoms with E-state index in [2.05, 4.69) is 43.9 Å². The molecule has 0 aliphatic carbocycles. The Balaban J connectivity index is 1.91. The molecule has 1 aromatic rings. The molecule has 1 aromatic heterocycles. The van der Waals surface area contributed by atoms with E-state index >= 15 is 0 Å². The quantitative estimate of drug-likeness (QED) is 0.368. The van der Waals surface area contributed by atoms with Crippen molar-refractivity contribution in [3.8, 4) is 0 Å². The van der Waals surface area contributed by atoms with Crippen molar-refractivity contribution >= 4 is 0 Å². The SMILES string of the molecule is NCCN(CCN)Cc1cccc(CN2CCNCCNCCNCC2)n1. The molecule has 0 saturated carbocycles. The van der Waals surface area contributed by atoms with E-state index in [9.17, 15) is 0 Å². The average molecular weight is 379 g/mol. The minimum Gasteiger partial charge on any atom is -0.329 e. The van der Waals surface area contributed by atoms with Crippen molar-refractivity contribution in [2.45, 2.75) is 13.1 Å². The second-order valence-electron chi connectivity index (χ2n) is 7.00. The van der Waals surface area contributed by atoms with E-state index in [-0.39, 0.29) is 0 Å². The largest absolute Gasteiger partial charge is 0.329 e. The molecule has 0 spiro atoms. The van der Waals surface area contributed by atoms with Gasteiger partial charge < -0.3 is 27.4 Å². The molecule has 8 nitrogen and oxygen atoms in total. The van der Waals surface area contributed by atoms with Gasteiger partial charge in [-0.1, -0.05) is 6.07 Å². The molecule has 0 radical (unpaired) electrons. The van der Waals surface area contributed by atoms with Crippen LogP contribution in [0.2, 0.25) is 0 Å². The molecule has 7 N–H and O–H groups in total. The van der Waals surface area contributed by atoms with Crippen molar-refractivity contribution in [2.75, 3.05) is 78.5 Å². The normalized spacial score (nSPS) is 18.2. The molecule has 1 aliphatic heterocycles. The number of hydrogen-bond acceptors (Lipinski definition) is 8. The number of hydrogen-bond donors (Lipinski definition) is 5. The number of rotatable bonds is 8. The van der Waals surface area contributed by atoms with Crippen molar-refractivity contribution in [3.63, 3.8) is 0 Å². The van der Waals surface area contributed by atoms with Gasteiger partial charge >= 0.3 is 0 Å². The maximum absolute atomic E-state index is 5.71. The molecule has 0 aromatic carbocycles. The van der Waals surface area contributed by atoms with Crippen LogP contribution in [0.15, 0.2) is 18.2 Å². The lowest BCUT2D eigenvalue weighted by Gasteiger charge is -2.24. The van der Waals surface area contributed by atoms with E-state index in [0.717, 1.165) is 89.9 Å². The molecule has 27 heavy (non-hydrogen) atoms. The molecule has 0 amide bonds. The molecule has 1 fully saturated rings. The minimum absolute atomic E-state index is 0.642. The highest BCUT2D eigenvalue weighted by Gasteiger charge is 2.10. The first-order chi connectivity index (χ1) is 13.3. The topological polar surface area (TPSA) is 108 Å². The fourth-order valence-corrected chi connectivity index (χ4v) is 3.27. The summed E-state index contributed by atoms with van der Waals surface area (Å²) in [4.78, 5) is 9.62. The highest BCUT2D eigenvalue weighted by Crippen LogP contribution is 2.06. The lowest BCUT2D eigenvalue weighted by molar-refractivity contribution is 0.257. The molecular weight excluding hydrogens is 340 g/mol. The van der Waals surface area contributed by atoms with Gasteiger partial charge in [0, 0.05) is 91.6 Å². The van der Waals surface area contributed by atoms with E-state index in [1.807, 2.05) is 0 Å². The van der Waals surface area contributed by atoms with Crippen LogP contribution in [0.1, 0.15) is 11.4 Å². The highest BCUT2D eigenvalue weighted by atomic mass is 15.2. The molecule has 154 valence electrons. The second-order valence-corrected chi connectivity index (χ2v) is 7.00. The summed E-state index contributed by atoms with van der Waals surface area (Å²) in [6.45, 7) is 12.8. The zero-order valence-corrected chi connectivity index (χ0v) is 16.6. The average Bonchev–Trinajstić information content (AvgIpc) is 2.65. The van der Waals surface area contributed by atoms with Gasteiger partial charge in [-0.3, -0.25) is 14.8 Å². The van der Waals surface area contributed by atoms with Crippen molar-refractivity contribution in [1.82, 2.24) is 30.7 Å². The first-order valence-corrected chi connectivity index (χ1v) is 10.2. The van der Waals surface area contributed by atoms with E-state index in [1.165, 1.54) is 0 Å². The highest BCUT2D eigenvalue weighted by molar-refractivity contribution is 5.11. The van der Waals surface area contributed by atoms with E-state index in [1.54, 1.807) is 0 Å². The lowest BCUT2D eigenvalue weighted by Crippen LogP contribution is -2.41. The predicted octanol–water partition coefficient (Wildman–Crippen LogP) is -1.61. The molecule has 0 atom stereocenters. The van der Waals surface area contributed by atoms with Gasteiger partial charge in [-0.15, -0.1) is 0 Å². The van der Waals surface area contributed by atoms with Crippen LogP contribution < -0.4 is 27.4 Å². The van der Waals surface area contributed by atoms with Gasteiger partial charge in [-0.05, 0) is 12.1 Å². The molecule has 2 rings (SSSR count). The van der Waals surface area contributed by atoms with Crippen LogP contribution in [0.5, 0.6) is 0 Å². The fraction of sp³-hybridized carbons (Fsp3) is 0.737. The summed E-state index contributed by atoms with van der Waals surface area (Å²) in [6.07, 6.45) is 0. The number of nitrogens with zero attached hydrogens (tertiary/aromatic N) is 3. The van der Waals surface area contributed by atoms with E-state index < -0.39 is 0 Å². The zero-order valence-electron chi connectivity index (χ0n) is 16.6. The Morgan fingerprint density at radius 2 is 1.41 bits per heavy atom. The summed E-state index contributed by atoms with van der Waals surface area (Å²) in [5.41, 5.74) is 13.6. The summed E-state index contributed by atoms with van der Waals surface area (Å²) < 4.78 is 0. The molecule has 8 heteroatoms. The standard InChI is InChI=1S/C19H38N8/c20-4-12-26(13-5-21)16-18-2-1-3-19(25-18)17-27-14-10-23-8-6-22-7-9-24-11-15-27/h1-3,22-24H,4-17,20-21H2. The van der Waals surface area contributed by atoms with Gasteiger partial charge in [0.15, 0.2) is 0 Å². The minimum atomic E-state index is 0.642. The Bertz CT molecular complexity index is 480. The number of nitrogens with two attached hydrogens (primary N) is 2. The fourth-order valence-electron chi connectivity index (χ4n) is 3.27. The Hall–Kier alpha value is -1.13. The monoisotopic (exact) mass is 378 g/mol. The van der Waals surface area contributed by atoms with E-state index in [0.29, 0.717) is 13.1 Å². The van der Waals surface area contributed by atoms with Crippen LogP contribution in [0, 0.1) is 0 Å². The first-order valence-electron chi connectivity index (χ1n) is 10.2. The van der Waals surface area contributed by atoms with Crippen molar-refractivity contribution in [1.29, 1.82) is 0 Å². The Morgan fingerprint density at radius 3 is 2.00 bits per heavy atom. The van der Waals surface area contributed by atoms with Gasteiger partial charge in [0.1, 0.15) is 0 Å². The summed E-state index contributed by atoms with van der Waals surface area (Å²) in [5, 5.41) is 10.4. The number of pyridine rings is 1. The lowest BCUT2D eigenvalue weighted by atomic mass is 10.2. The summed E-state index contributed by atoms with van der Waals surface area (Å²) in [6, 6.07) is 6.33. The Kier molecular flexibility index (Phi) is 11.5. The zero-order chi connectivity index (χ0) is 19.2. The Labute approximate surface area is 164 Å². The van der Waals surface area contributed by atoms with Crippen LogP contribution in [0.3, 0.4) is 0 Å². The maximum Gasteiger partial charge on any atom is 0.0547 e. The van der Waals surface area contributed by atoms with Crippen molar-refractivity contribution in [3.05, 3.63) is 29.6 Å². The van der Waals surface area contributed by atoms with Crippen LogP contribution in [0.4, 0.5) is 0 Å². The predicted molar refractivity (Wildman–Crippen MR) is 112 cm³/mol. The summed E-state index contributed by atoms with van der Waals surface area (Å²) in [7, 11) is 0. The van der Waals surface area contributed by atoms with Gasteiger partial charge in [0.2, 0.25) is 0 Å².